The minimum Gasteiger partial charge on any atom is -0.368 e. The molecule has 0 aliphatic rings. The third-order valence-corrected chi connectivity index (χ3v) is 3.69. The van der Waals surface area contributed by atoms with Gasteiger partial charge in [-0.3, -0.25) is 19.1 Å². The molecule has 11 heteroatoms. The van der Waals surface area contributed by atoms with Crippen molar-refractivity contribution in [2.24, 2.45) is 5.73 Å². The summed E-state index contributed by atoms with van der Waals surface area (Å²) in [7, 11) is 1.37. The molecular formula is C19H38F3N5O3. The normalized spacial score (nSPS) is 11.2. The van der Waals surface area contributed by atoms with Crippen LogP contribution in [-0.4, -0.2) is 58.2 Å². The molecule has 0 aliphatic carbocycles. The smallest absolute Gasteiger partial charge is 0.368 e. The van der Waals surface area contributed by atoms with Gasteiger partial charge in [0.1, 0.15) is 18.3 Å². The summed E-state index contributed by atoms with van der Waals surface area (Å²) in [6, 6.07) is 0.299. The number of carbonyl (C=O) groups is 3. The molecule has 0 aliphatic heterocycles. The predicted octanol–water partition coefficient (Wildman–Crippen LogP) is 3.22. The summed E-state index contributed by atoms with van der Waals surface area (Å²) in [6.07, 6.45) is -0.494. The number of halogens is 3. The summed E-state index contributed by atoms with van der Waals surface area (Å²) in [4.78, 5) is 36.0. The van der Waals surface area contributed by atoms with E-state index in [0.717, 1.165) is 17.2 Å². The van der Waals surface area contributed by atoms with Crippen LogP contribution in [0.25, 0.3) is 0 Å². The molecule has 1 unspecified atom stereocenters. The van der Waals surface area contributed by atoms with Crippen molar-refractivity contribution in [3.8, 4) is 0 Å². The Bertz CT molecular complexity index is 656. The Morgan fingerprint density at radius 3 is 2.17 bits per heavy atom. The fourth-order valence-corrected chi connectivity index (χ4v) is 1.97. The van der Waals surface area contributed by atoms with E-state index >= 15 is 0 Å². The van der Waals surface area contributed by atoms with Crippen molar-refractivity contribution in [2.45, 2.75) is 72.6 Å². The van der Waals surface area contributed by atoms with Crippen molar-refractivity contribution in [1.82, 2.24) is 20.0 Å². The molecular weight excluding hydrogens is 403 g/mol. The van der Waals surface area contributed by atoms with Crippen molar-refractivity contribution >= 4 is 17.7 Å². The van der Waals surface area contributed by atoms with Crippen molar-refractivity contribution < 1.29 is 30.4 Å². The second-order valence-electron chi connectivity index (χ2n) is 6.03. The molecule has 1 atom stereocenters. The highest BCUT2D eigenvalue weighted by atomic mass is 19.4. The minimum absolute atomic E-state index is 0. The van der Waals surface area contributed by atoms with Crippen LogP contribution in [0.15, 0.2) is 12.3 Å². The third-order valence-electron chi connectivity index (χ3n) is 3.69. The van der Waals surface area contributed by atoms with Crippen LogP contribution in [0.4, 0.5) is 13.2 Å². The zero-order valence-electron chi connectivity index (χ0n) is 18.5. The van der Waals surface area contributed by atoms with Gasteiger partial charge in [-0.2, -0.15) is 18.3 Å². The van der Waals surface area contributed by atoms with Gasteiger partial charge in [0.2, 0.25) is 11.8 Å². The largest absolute Gasteiger partial charge is 0.408 e. The van der Waals surface area contributed by atoms with E-state index in [1.165, 1.54) is 19.9 Å². The SMILES string of the molecule is CC.CCC(C(N)=O)N(C)C(=O)CNC(=O)c1ccn(CC(F)(F)F)n1.CCCC.[HH].[HH]. The summed E-state index contributed by atoms with van der Waals surface area (Å²) < 4.78 is 37.2. The Hall–Kier alpha value is -2.59. The van der Waals surface area contributed by atoms with Gasteiger partial charge in [0.15, 0.2) is 0 Å². The van der Waals surface area contributed by atoms with Gasteiger partial charge in [0, 0.05) is 16.1 Å². The van der Waals surface area contributed by atoms with Crippen molar-refractivity contribution in [1.29, 1.82) is 0 Å². The standard InChI is InChI=1S/C13H18F3N5O3.C4H10.C2H6.2H2/c1-3-9(11(17)23)20(2)10(22)6-18-12(24)8-4-5-21(19-8)7-13(14,15)16;1-3-4-2;1-2;;/h4-5,9H,3,6-7H2,1-2H3,(H2,17,23)(H,18,24);3-4H2,1-2H3;1-2H3;2*1H. The van der Waals surface area contributed by atoms with Crippen LogP contribution in [0.1, 0.15) is 67.2 Å². The number of likely N-dealkylation sites (N-methyl/N-ethyl adjacent to an activating group) is 1. The Balaban J connectivity index is -0.000000440. The molecule has 8 nitrogen and oxygen atoms in total. The van der Waals surface area contributed by atoms with Gasteiger partial charge in [-0.15, -0.1) is 0 Å². The maximum Gasteiger partial charge on any atom is 0.408 e. The molecule has 0 aromatic carbocycles. The molecule has 0 saturated heterocycles. The summed E-state index contributed by atoms with van der Waals surface area (Å²) in [5, 5.41) is 5.72. The number of carbonyl (C=O) groups excluding carboxylic acids is 3. The maximum atomic E-state index is 12.2. The fraction of sp³-hybridized carbons (Fsp3) is 0.684. The van der Waals surface area contributed by atoms with E-state index in [1.807, 2.05) is 13.8 Å². The molecule has 0 bridgehead atoms. The predicted molar refractivity (Wildman–Crippen MR) is 113 cm³/mol. The van der Waals surface area contributed by atoms with E-state index in [9.17, 15) is 27.6 Å². The number of nitrogens with one attached hydrogen (secondary N) is 1. The first-order valence-electron chi connectivity index (χ1n) is 9.90. The van der Waals surface area contributed by atoms with Crippen LogP contribution in [0.5, 0.6) is 0 Å². The third kappa shape index (κ3) is 12.1. The molecule has 30 heavy (non-hydrogen) atoms. The fourth-order valence-electron chi connectivity index (χ4n) is 1.97. The average molecular weight is 442 g/mol. The Labute approximate surface area is 178 Å². The maximum absolute atomic E-state index is 12.2. The Morgan fingerprint density at radius 2 is 1.77 bits per heavy atom. The van der Waals surface area contributed by atoms with Crippen molar-refractivity contribution in [2.75, 3.05) is 13.6 Å². The highest BCUT2D eigenvalue weighted by Gasteiger charge is 2.29. The van der Waals surface area contributed by atoms with E-state index in [4.69, 9.17) is 5.73 Å². The van der Waals surface area contributed by atoms with Crippen LogP contribution in [0, 0.1) is 0 Å². The number of alkyl halides is 3. The summed E-state index contributed by atoms with van der Waals surface area (Å²) in [5.74, 6) is -2.04. The first-order valence-corrected chi connectivity index (χ1v) is 9.90. The first-order chi connectivity index (χ1) is 14.0. The van der Waals surface area contributed by atoms with Gasteiger partial charge in [-0.25, -0.2) is 0 Å². The van der Waals surface area contributed by atoms with Crippen LogP contribution >= 0.6 is 0 Å². The van der Waals surface area contributed by atoms with E-state index in [0.29, 0.717) is 11.1 Å². The number of nitrogens with two attached hydrogens (primary N) is 1. The van der Waals surface area contributed by atoms with Gasteiger partial charge < -0.3 is 16.0 Å². The van der Waals surface area contributed by atoms with Gasteiger partial charge >= 0.3 is 6.18 Å². The molecule has 1 aromatic rings. The first kappa shape index (κ1) is 29.6. The molecule has 1 rings (SSSR count). The lowest BCUT2D eigenvalue weighted by atomic mass is 10.2. The summed E-state index contributed by atoms with van der Waals surface area (Å²) >= 11 is 0. The number of aromatic nitrogens is 2. The molecule has 0 fully saturated rings. The highest BCUT2D eigenvalue weighted by molar-refractivity contribution is 5.95. The number of unbranched alkanes of at least 4 members (excludes halogenated alkanes) is 1. The van der Waals surface area contributed by atoms with Gasteiger partial charge in [0.05, 0.1) is 6.54 Å². The van der Waals surface area contributed by atoms with Gasteiger partial charge in [-0.1, -0.05) is 47.5 Å². The van der Waals surface area contributed by atoms with Crippen molar-refractivity contribution in [3.05, 3.63) is 18.0 Å². The monoisotopic (exact) mass is 441 g/mol. The van der Waals surface area contributed by atoms with Crippen LogP contribution in [0.3, 0.4) is 0 Å². The summed E-state index contributed by atoms with van der Waals surface area (Å²) in [6.45, 7) is 8.27. The number of amides is 3. The quantitative estimate of drug-likeness (QED) is 0.645. The zero-order valence-corrected chi connectivity index (χ0v) is 18.5. The lowest BCUT2D eigenvalue weighted by molar-refractivity contribution is -0.142. The minimum atomic E-state index is -4.46. The van der Waals surface area contributed by atoms with E-state index < -0.39 is 43.0 Å². The Morgan fingerprint density at radius 1 is 1.23 bits per heavy atom. The molecule has 0 spiro atoms. The van der Waals surface area contributed by atoms with Gasteiger partial charge in [-0.05, 0) is 12.5 Å². The van der Waals surface area contributed by atoms with Crippen LogP contribution in [0.2, 0.25) is 0 Å². The summed E-state index contributed by atoms with van der Waals surface area (Å²) in [5.41, 5.74) is 4.91. The number of rotatable bonds is 8. The lowest BCUT2D eigenvalue weighted by Crippen LogP contribution is -2.48. The molecule has 1 heterocycles. The number of hydrogen-bond donors (Lipinski definition) is 2. The van der Waals surface area contributed by atoms with Crippen molar-refractivity contribution in [3.63, 3.8) is 0 Å². The molecule has 3 amide bonds. The second kappa shape index (κ2) is 15.3. The van der Waals surface area contributed by atoms with E-state index in [1.54, 1.807) is 6.92 Å². The van der Waals surface area contributed by atoms with Crippen LogP contribution in [-0.2, 0) is 16.1 Å². The number of nitrogens with zero attached hydrogens (tertiary/aromatic N) is 3. The van der Waals surface area contributed by atoms with Gasteiger partial charge in [0.25, 0.3) is 5.91 Å². The van der Waals surface area contributed by atoms with E-state index in [2.05, 4.69) is 24.3 Å². The molecule has 3 N–H and O–H groups in total. The van der Waals surface area contributed by atoms with E-state index in [-0.39, 0.29) is 8.55 Å². The molecule has 178 valence electrons. The van der Waals surface area contributed by atoms with Crippen LogP contribution < -0.4 is 11.1 Å². The number of hydrogen-bond acceptors (Lipinski definition) is 4. The molecule has 0 radical (unpaired) electrons. The topological polar surface area (TPSA) is 110 Å². The molecule has 0 saturated carbocycles. The lowest BCUT2D eigenvalue weighted by Gasteiger charge is -2.24. The number of primary amides is 1. The average Bonchev–Trinajstić information content (AvgIpc) is 3.14. The second-order valence-corrected chi connectivity index (χ2v) is 6.03. The zero-order chi connectivity index (χ0) is 23.9. The molecule has 1 aromatic heterocycles. The highest BCUT2D eigenvalue weighted by Crippen LogP contribution is 2.16. The Kier molecular flexibility index (Phi) is 15.1.